The summed E-state index contributed by atoms with van der Waals surface area (Å²) in [6, 6.07) is -0.245. The van der Waals surface area contributed by atoms with Crippen molar-refractivity contribution in [1.29, 1.82) is 0 Å². The van der Waals surface area contributed by atoms with Crippen molar-refractivity contribution in [2.24, 2.45) is 5.73 Å². The Hall–Kier alpha value is 0.270. The molecule has 0 aromatic carbocycles. The summed E-state index contributed by atoms with van der Waals surface area (Å²) in [5.74, 6) is 0. The van der Waals surface area contributed by atoms with Gasteiger partial charge in [-0.25, -0.2) is 4.98 Å². The highest BCUT2D eigenvalue weighted by Crippen LogP contribution is 2.32. The largest absolute Gasteiger partial charge is 0.324 e. The summed E-state index contributed by atoms with van der Waals surface area (Å²) in [6.45, 7) is 1.78. The van der Waals surface area contributed by atoms with Crippen molar-refractivity contribution < 1.29 is 0 Å². The van der Waals surface area contributed by atoms with Crippen LogP contribution >= 0.6 is 47.2 Å². The molecule has 13 heavy (non-hydrogen) atoms. The molecule has 1 aromatic heterocycles. The zero-order valence-electron chi connectivity index (χ0n) is 6.72. The van der Waals surface area contributed by atoms with Gasteiger partial charge in [0.1, 0.15) is 5.15 Å². The van der Waals surface area contributed by atoms with Gasteiger partial charge in [0, 0.05) is 17.8 Å². The van der Waals surface area contributed by atoms with Crippen LogP contribution < -0.4 is 5.73 Å². The Bertz CT molecular complexity index is 301. The lowest BCUT2D eigenvalue weighted by Gasteiger charge is -2.10. The molecule has 1 heterocycles. The maximum absolute atomic E-state index is 5.83. The van der Waals surface area contributed by atoms with E-state index in [2.05, 4.69) is 4.98 Å². The molecule has 0 radical (unpaired) electrons. The first-order chi connectivity index (χ1) is 5.54. The van der Waals surface area contributed by atoms with Gasteiger partial charge in [-0.15, -0.1) is 12.4 Å². The highest BCUT2D eigenvalue weighted by Gasteiger charge is 2.13. The molecule has 2 nitrogen and oxygen atoms in total. The third kappa shape index (κ3) is 2.86. The highest BCUT2D eigenvalue weighted by molar-refractivity contribution is 6.43. The third-order valence-corrected chi connectivity index (χ3v) is 2.49. The second kappa shape index (κ2) is 5.23. The summed E-state index contributed by atoms with van der Waals surface area (Å²) < 4.78 is 0. The first kappa shape index (κ1) is 13.3. The summed E-state index contributed by atoms with van der Waals surface area (Å²) in [4.78, 5) is 3.77. The Morgan fingerprint density at radius 1 is 1.38 bits per heavy atom. The predicted molar refractivity (Wildman–Crippen MR) is 59.1 cm³/mol. The molecule has 0 fully saturated rings. The highest BCUT2D eigenvalue weighted by atomic mass is 35.5. The van der Waals surface area contributed by atoms with Crippen LogP contribution in [0.5, 0.6) is 0 Å². The maximum atomic E-state index is 5.83. The Morgan fingerprint density at radius 3 is 2.31 bits per heavy atom. The standard InChI is InChI=1S/C7H7Cl3N2.ClH/c1-3(11)5-4(8)2-12-7(10)6(5)9;/h2-3H,11H2,1H3;1H/t3-;/m0./s1. The summed E-state index contributed by atoms with van der Waals surface area (Å²) >= 11 is 17.3. The van der Waals surface area contributed by atoms with Gasteiger partial charge in [0.05, 0.1) is 10.0 Å². The molecular weight excluding hydrogens is 254 g/mol. The van der Waals surface area contributed by atoms with Gasteiger partial charge in [-0.05, 0) is 6.92 Å². The normalized spacial score (nSPS) is 12.1. The van der Waals surface area contributed by atoms with Crippen LogP contribution in [0.3, 0.4) is 0 Å². The van der Waals surface area contributed by atoms with Gasteiger partial charge in [-0.2, -0.15) is 0 Å². The average Bonchev–Trinajstić information content (AvgIpc) is 1.97. The van der Waals surface area contributed by atoms with E-state index in [9.17, 15) is 0 Å². The van der Waals surface area contributed by atoms with E-state index in [1.807, 2.05) is 0 Å². The van der Waals surface area contributed by atoms with E-state index in [0.717, 1.165) is 0 Å². The fourth-order valence-electron chi connectivity index (χ4n) is 0.873. The predicted octanol–water partition coefficient (Wildman–Crippen LogP) is 3.48. The van der Waals surface area contributed by atoms with Crippen LogP contribution in [0, 0.1) is 0 Å². The van der Waals surface area contributed by atoms with E-state index < -0.39 is 0 Å². The Kier molecular flexibility index (Phi) is 5.33. The van der Waals surface area contributed by atoms with Crippen LogP contribution in [0.2, 0.25) is 15.2 Å². The minimum absolute atomic E-state index is 0. The Balaban J connectivity index is 0.00000144. The molecule has 0 amide bonds. The second-order valence-corrected chi connectivity index (χ2v) is 3.56. The van der Waals surface area contributed by atoms with Crippen molar-refractivity contribution >= 4 is 47.2 Å². The van der Waals surface area contributed by atoms with Crippen LogP contribution in [-0.4, -0.2) is 4.98 Å². The molecule has 0 saturated heterocycles. The Morgan fingerprint density at radius 2 is 1.92 bits per heavy atom. The molecule has 74 valence electrons. The van der Waals surface area contributed by atoms with Gasteiger partial charge in [0.15, 0.2) is 0 Å². The third-order valence-electron chi connectivity index (χ3n) is 1.42. The molecular formula is C7H8Cl4N2. The van der Waals surface area contributed by atoms with Gasteiger partial charge in [0.25, 0.3) is 0 Å². The molecule has 1 aromatic rings. The van der Waals surface area contributed by atoms with Crippen molar-refractivity contribution in [1.82, 2.24) is 4.98 Å². The van der Waals surface area contributed by atoms with E-state index in [1.54, 1.807) is 6.92 Å². The fourth-order valence-corrected chi connectivity index (χ4v) is 1.71. The van der Waals surface area contributed by atoms with Gasteiger partial charge < -0.3 is 5.73 Å². The van der Waals surface area contributed by atoms with Crippen LogP contribution in [0.25, 0.3) is 0 Å². The first-order valence-corrected chi connectivity index (χ1v) is 4.42. The molecule has 6 heteroatoms. The average molecular weight is 262 g/mol. The molecule has 0 bridgehead atoms. The van der Waals surface area contributed by atoms with E-state index >= 15 is 0 Å². The van der Waals surface area contributed by atoms with E-state index in [-0.39, 0.29) is 23.6 Å². The van der Waals surface area contributed by atoms with Crippen molar-refractivity contribution in [2.45, 2.75) is 13.0 Å². The maximum Gasteiger partial charge on any atom is 0.148 e. The van der Waals surface area contributed by atoms with E-state index in [0.29, 0.717) is 15.6 Å². The number of hydrogen-bond donors (Lipinski definition) is 1. The zero-order valence-corrected chi connectivity index (χ0v) is 9.81. The number of nitrogens with two attached hydrogens (primary N) is 1. The van der Waals surface area contributed by atoms with Crippen LogP contribution in [0.15, 0.2) is 6.20 Å². The summed E-state index contributed by atoms with van der Waals surface area (Å²) in [6.07, 6.45) is 1.44. The molecule has 1 atom stereocenters. The molecule has 0 aliphatic heterocycles. The van der Waals surface area contributed by atoms with Crippen molar-refractivity contribution in [3.63, 3.8) is 0 Å². The molecule has 0 spiro atoms. The smallest absolute Gasteiger partial charge is 0.148 e. The van der Waals surface area contributed by atoms with Crippen LogP contribution in [0.4, 0.5) is 0 Å². The molecule has 1 rings (SSSR count). The lowest BCUT2D eigenvalue weighted by molar-refractivity contribution is 0.816. The molecule has 2 N–H and O–H groups in total. The molecule has 0 aliphatic rings. The van der Waals surface area contributed by atoms with Crippen molar-refractivity contribution in [3.05, 3.63) is 27.0 Å². The van der Waals surface area contributed by atoms with Crippen molar-refractivity contribution in [2.75, 3.05) is 0 Å². The lowest BCUT2D eigenvalue weighted by Crippen LogP contribution is -2.07. The van der Waals surface area contributed by atoms with Gasteiger partial charge in [-0.3, -0.25) is 0 Å². The summed E-state index contributed by atoms with van der Waals surface area (Å²) in [7, 11) is 0. The van der Waals surface area contributed by atoms with Gasteiger partial charge >= 0.3 is 0 Å². The number of pyridine rings is 1. The molecule has 0 unspecified atom stereocenters. The minimum Gasteiger partial charge on any atom is -0.324 e. The van der Waals surface area contributed by atoms with E-state index in [4.69, 9.17) is 40.5 Å². The van der Waals surface area contributed by atoms with E-state index in [1.165, 1.54) is 6.20 Å². The fraction of sp³-hybridized carbons (Fsp3) is 0.286. The topological polar surface area (TPSA) is 38.9 Å². The van der Waals surface area contributed by atoms with Gasteiger partial charge in [-0.1, -0.05) is 34.8 Å². The summed E-state index contributed by atoms with van der Waals surface area (Å²) in [5, 5.41) is 1.01. The number of hydrogen-bond acceptors (Lipinski definition) is 2. The molecule has 0 aliphatic carbocycles. The van der Waals surface area contributed by atoms with Gasteiger partial charge in [0.2, 0.25) is 0 Å². The number of halogens is 4. The zero-order chi connectivity index (χ0) is 9.30. The number of nitrogens with zero attached hydrogens (tertiary/aromatic N) is 1. The second-order valence-electron chi connectivity index (χ2n) is 2.41. The number of aromatic nitrogens is 1. The lowest BCUT2D eigenvalue weighted by atomic mass is 10.1. The van der Waals surface area contributed by atoms with Crippen LogP contribution in [0.1, 0.15) is 18.5 Å². The minimum atomic E-state index is -0.245. The van der Waals surface area contributed by atoms with Crippen LogP contribution in [-0.2, 0) is 0 Å². The summed E-state index contributed by atoms with van der Waals surface area (Å²) in [5.41, 5.74) is 6.27. The Labute approximate surface area is 97.8 Å². The SMILES string of the molecule is C[C@H](N)c1c(Cl)cnc(Cl)c1Cl.Cl. The quantitative estimate of drug-likeness (QED) is 0.787. The first-order valence-electron chi connectivity index (χ1n) is 3.29. The molecule has 0 saturated carbocycles. The van der Waals surface area contributed by atoms with Crippen molar-refractivity contribution in [3.8, 4) is 0 Å². The number of rotatable bonds is 1. The monoisotopic (exact) mass is 260 g/mol.